The minimum atomic E-state index is -3.73. The summed E-state index contributed by atoms with van der Waals surface area (Å²) >= 11 is 9.11. The summed E-state index contributed by atoms with van der Waals surface area (Å²) in [5.74, 6) is -0.288. The molecular weight excluding hydrogens is 452 g/mol. The maximum Gasteiger partial charge on any atom is 0.261 e. The van der Waals surface area contributed by atoms with E-state index in [2.05, 4.69) is 26.0 Å². The summed E-state index contributed by atoms with van der Waals surface area (Å²) in [6.45, 7) is 0. The Hall–Kier alpha value is -2.35. The molecule has 0 radical (unpaired) electrons. The first-order valence-electron chi connectivity index (χ1n) is 7.79. The van der Waals surface area contributed by atoms with Gasteiger partial charge in [0.15, 0.2) is 0 Å². The third kappa shape index (κ3) is 5.09. The molecule has 0 aliphatic heterocycles. The molecule has 5 nitrogen and oxygen atoms in total. The van der Waals surface area contributed by atoms with Gasteiger partial charge in [-0.2, -0.15) is 0 Å². The van der Waals surface area contributed by atoms with Crippen molar-refractivity contribution in [1.29, 1.82) is 0 Å². The number of halogens is 2. The highest BCUT2D eigenvalue weighted by Crippen LogP contribution is 2.20. The van der Waals surface area contributed by atoms with Gasteiger partial charge in [0.05, 0.1) is 4.90 Å². The summed E-state index contributed by atoms with van der Waals surface area (Å²) < 4.78 is 28.1. The van der Waals surface area contributed by atoms with Crippen molar-refractivity contribution in [1.82, 2.24) is 0 Å². The smallest absolute Gasteiger partial charge is 0.261 e. The van der Waals surface area contributed by atoms with Gasteiger partial charge in [0.2, 0.25) is 0 Å². The van der Waals surface area contributed by atoms with Crippen LogP contribution in [-0.2, 0) is 10.0 Å². The van der Waals surface area contributed by atoms with Gasteiger partial charge in [0.1, 0.15) is 0 Å². The largest absolute Gasteiger partial charge is 0.322 e. The Kier molecular flexibility index (Phi) is 5.84. The number of carbonyl (C=O) groups excluding carboxylic acids is 1. The highest BCUT2D eigenvalue weighted by Gasteiger charge is 2.14. The first kappa shape index (κ1) is 19.4. The quantitative estimate of drug-likeness (QED) is 0.547. The fraction of sp³-hybridized carbons (Fsp3) is 0. The van der Waals surface area contributed by atoms with Crippen molar-refractivity contribution >= 4 is 54.8 Å². The van der Waals surface area contributed by atoms with Crippen LogP contribution in [-0.4, -0.2) is 14.3 Å². The summed E-state index contributed by atoms with van der Waals surface area (Å²) in [6, 6.07) is 19.2. The molecule has 0 atom stereocenters. The Morgan fingerprint density at radius 1 is 0.815 bits per heavy atom. The molecule has 0 aromatic heterocycles. The molecule has 0 aliphatic carbocycles. The molecule has 2 N–H and O–H groups in total. The lowest BCUT2D eigenvalue weighted by molar-refractivity contribution is 0.102. The van der Waals surface area contributed by atoms with E-state index >= 15 is 0 Å². The van der Waals surface area contributed by atoms with Crippen LogP contribution < -0.4 is 10.0 Å². The molecule has 0 bridgehead atoms. The predicted octanol–water partition coefficient (Wildman–Crippen LogP) is 5.16. The summed E-state index contributed by atoms with van der Waals surface area (Å²) in [6.07, 6.45) is 0. The topological polar surface area (TPSA) is 75.3 Å². The molecule has 0 fully saturated rings. The molecule has 8 heteroatoms. The molecule has 138 valence electrons. The number of amides is 1. The predicted molar refractivity (Wildman–Crippen MR) is 111 cm³/mol. The van der Waals surface area contributed by atoms with E-state index in [9.17, 15) is 13.2 Å². The minimum absolute atomic E-state index is 0.101. The van der Waals surface area contributed by atoms with Crippen molar-refractivity contribution in [2.75, 3.05) is 10.0 Å². The Bertz CT molecular complexity index is 1050. The van der Waals surface area contributed by atoms with Crippen LogP contribution in [0.15, 0.2) is 82.2 Å². The van der Waals surface area contributed by atoms with Gasteiger partial charge in [0, 0.05) is 26.4 Å². The van der Waals surface area contributed by atoms with Crippen LogP contribution in [0.4, 0.5) is 11.4 Å². The second-order valence-electron chi connectivity index (χ2n) is 5.60. The van der Waals surface area contributed by atoms with Crippen LogP contribution in [0, 0.1) is 0 Å². The number of hydrogen-bond donors (Lipinski definition) is 2. The van der Waals surface area contributed by atoms with Crippen LogP contribution in [0.3, 0.4) is 0 Å². The van der Waals surface area contributed by atoms with Crippen molar-refractivity contribution in [3.05, 3.63) is 87.9 Å². The van der Waals surface area contributed by atoms with Gasteiger partial charge >= 0.3 is 0 Å². The third-order valence-corrected chi connectivity index (χ3v) is 5.80. The van der Waals surface area contributed by atoms with Gasteiger partial charge in [-0.3, -0.25) is 9.52 Å². The van der Waals surface area contributed by atoms with Gasteiger partial charge in [0.25, 0.3) is 15.9 Å². The van der Waals surface area contributed by atoms with E-state index in [4.69, 9.17) is 11.6 Å². The van der Waals surface area contributed by atoms with Crippen LogP contribution in [0.2, 0.25) is 5.02 Å². The van der Waals surface area contributed by atoms with Crippen molar-refractivity contribution < 1.29 is 13.2 Å². The zero-order chi connectivity index (χ0) is 19.4. The number of anilines is 2. The van der Waals surface area contributed by atoms with Crippen LogP contribution in [0.25, 0.3) is 0 Å². The van der Waals surface area contributed by atoms with E-state index in [0.717, 1.165) is 4.47 Å². The first-order chi connectivity index (χ1) is 12.8. The summed E-state index contributed by atoms with van der Waals surface area (Å²) in [7, 11) is -3.73. The van der Waals surface area contributed by atoms with Crippen LogP contribution >= 0.6 is 27.5 Å². The zero-order valence-electron chi connectivity index (χ0n) is 13.8. The maximum atomic E-state index is 12.4. The van der Waals surface area contributed by atoms with Gasteiger partial charge in [-0.05, 0) is 72.8 Å². The molecule has 27 heavy (non-hydrogen) atoms. The fourth-order valence-electron chi connectivity index (χ4n) is 2.25. The normalized spacial score (nSPS) is 11.0. The minimum Gasteiger partial charge on any atom is -0.322 e. The zero-order valence-corrected chi connectivity index (χ0v) is 17.0. The molecule has 3 aromatic carbocycles. The lowest BCUT2D eigenvalue weighted by Crippen LogP contribution is -2.14. The Morgan fingerprint density at radius 2 is 1.37 bits per heavy atom. The average molecular weight is 466 g/mol. The second-order valence-corrected chi connectivity index (χ2v) is 8.63. The van der Waals surface area contributed by atoms with Gasteiger partial charge in [-0.15, -0.1) is 0 Å². The number of carbonyl (C=O) groups is 1. The van der Waals surface area contributed by atoms with Crippen molar-refractivity contribution in [2.45, 2.75) is 4.90 Å². The summed E-state index contributed by atoms with van der Waals surface area (Å²) in [5.41, 5.74) is 1.42. The molecule has 0 heterocycles. The van der Waals surface area contributed by atoms with Gasteiger partial charge in [-0.1, -0.05) is 27.5 Å². The maximum absolute atomic E-state index is 12.4. The number of benzene rings is 3. The highest BCUT2D eigenvalue weighted by atomic mass is 79.9. The molecule has 3 rings (SSSR count). The highest BCUT2D eigenvalue weighted by molar-refractivity contribution is 9.10. The number of sulfonamides is 1. The molecular formula is C19H14BrClN2O3S. The van der Waals surface area contributed by atoms with E-state index in [1.807, 2.05) is 12.1 Å². The van der Waals surface area contributed by atoms with E-state index in [-0.39, 0.29) is 10.8 Å². The molecule has 0 unspecified atom stereocenters. The Balaban J connectivity index is 1.70. The Labute approximate surface area is 170 Å². The van der Waals surface area contributed by atoms with Crippen molar-refractivity contribution in [2.24, 2.45) is 0 Å². The average Bonchev–Trinajstić information content (AvgIpc) is 2.64. The molecule has 0 aliphatic rings. The van der Waals surface area contributed by atoms with Crippen molar-refractivity contribution in [3.63, 3.8) is 0 Å². The summed E-state index contributed by atoms with van der Waals surface area (Å²) in [5, 5.41) is 3.23. The van der Waals surface area contributed by atoms with E-state index in [1.54, 1.807) is 24.3 Å². The lowest BCUT2D eigenvalue weighted by Gasteiger charge is -2.09. The Morgan fingerprint density at radius 3 is 1.96 bits per heavy atom. The molecule has 1 amide bonds. The fourth-order valence-corrected chi connectivity index (χ4v) is 3.70. The van der Waals surface area contributed by atoms with E-state index < -0.39 is 10.0 Å². The van der Waals surface area contributed by atoms with Gasteiger partial charge < -0.3 is 5.32 Å². The molecule has 0 spiro atoms. The number of hydrogen-bond acceptors (Lipinski definition) is 3. The van der Waals surface area contributed by atoms with E-state index in [0.29, 0.717) is 22.0 Å². The SMILES string of the molecule is O=C(Nc1ccc(Br)cc1)c1ccc(NS(=O)(=O)c2ccc(Cl)cc2)cc1. The number of rotatable bonds is 5. The molecule has 0 saturated carbocycles. The van der Waals surface area contributed by atoms with Crippen LogP contribution in [0.5, 0.6) is 0 Å². The molecule has 0 saturated heterocycles. The monoisotopic (exact) mass is 464 g/mol. The van der Waals surface area contributed by atoms with Gasteiger partial charge in [-0.25, -0.2) is 8.42 Å². The van der Waals surface area contributed by atoms with Crippen LogP contribution in [0.1, 0.15) is 10.4 Å². The third-order valence-electron chi connectivity index (χ3n) is 3.63. The molecule has 3 aromatic rings. The standard InChI is InChI=1S/C19H14BrClN2O3S/c20-14-3-9-16(10-4-14)22-19(24)13-1-7-17(8-2-13)23-27(25,26)18-11-5-15(21)6-12-18/h1-12,23H,(H,22,24). The first-order valence-corrected chi connectivity index (χ1v) is 10.4. The van der Waals surface area contributed by atoms with Crippen molar-refractivity contribution in [3.8, 4) is 0 Å². The van der Waals surface area contributed by atoms with E-state index in [1.165, 1.54) is 36.4 Å². The number of nitrogens with one attached hydrogen (secondary N) is 2. The lowest BCUT2D eigenvalue weighted by atomic mass is 10.2. The second kappa shape index (κ2) is 8.12. The summed E-state index contributed by atoms with van der Waals surface area (Å²) in [4.78, 5) is 12.4.